The van der Waals surface area contributed by atoms with Crippen molar-refractivity contribution in [2.24, 2.45) is 10.8 Å². The number of hydrogen-bond acceptors (Lipinski definition) is 3. The summed E-state index contributed by atoms with van der Waals surface area (Å²) in [6.45, 7) is 6.07. The highest BCUT2D eigenvalue weighted by Gasteiger charge is 2.52. The van der Waals surface area contributed by atoms with Crippen LogP contribution in [-0.2, 0) is 14.3 Å². The van der Waals surface area contributed by atoms with E-state index >= 15 is 0 Å². The Morgan fingerprint density at radius 3 is 2.60 bits per heavy atom. The van der Waals surface area contributed by atoms with Crippen LogP contribution in [0.5, 0.6) is 0 Å². The van der Waals surface area contributed by atoms with Crippen LogP contribution >= 0.6 is 0 Å². The highest BCUT2D eigenvalue weighted by atomic mass is 16.5. The van der Waals surface area contributed by atoms with Gasteiger partial charge in [0.1, 0.15) is 11.9 Å². The molecule has 0 radical (unpaired) electrons. The standard InChI is InChI=1S/C12H18O3/c1-11(2)6-8(13)12(3)5-4-10(14)15-9(12)7-11/h9H,4-7H2,1-3H3. The maximum atomic E-state index is 12.1. The first-order valence-corrected chi connectivity index (χ1v) is 5.56. The van der Waals surface area contributed by atoms with E-state index in [4.69, 9.17) is 4.74 Å². The highest BCUT2D eigenvalue weighted by Crippen LogP contribution is 2.48. The molecule has 2 fully saturated rings. The van der Waals surface area contributed by atoms with Gasteiger partial charge in [-0.1, -0.05) is 13.8 Å². The van der Waals surface area contributed by atoms with Crippen LogP contribution in [0.1, 0.15) is 46.5 Å². The van der Waals surface area contributed by atoms with Gasteiger partial charge in [-0.05, 0) is 25.2 Å². The largest absolute Gasteiger partial charge is 0.461 e. The Kier molecular flexibility index (Phi) is 2.18. The van der Waals surface area contributed by atoms with E-state index in [0.717, 1.165) is 6.42 Å². The SMILES string of the molecule is CC1(C)CC(=O)C2(C)CCC(=O)OC2C1. The number of hydrogen-bond donors (Lipinski definition) is 0. The number of ether oxygens (including phenoxy) is 1. The van der Waals surface area contributed by atoms with E-state index in [9.17, 15) is 9.59 Å². The summed E-state index contributed by atoms with van der Waals surface area (Å²) < 4.78 is 5.34. The molecule has 84 valence electrons. The normalized spacial score (nSPS) is 39.5. The van der Waals surface area contributed by atoms with Crippen molar-refractivity contribution in [3.8, 4) is 0 Å². The van der Waals surface area contributed by atoms with E-state index < -0.39 is 5.41 Å². The molecule has 1 heterocycles. The second-order valence-corrected chi connectivity index (χ2v) is 5.86. The Labute approximate surface area is 90.2 Å². The quantitative estimate of drug-likeness (QED) is 0.575. The summed E-state index contributed by atoms with van der Waals surface area (Å²) in [5.41, 5.74) is -0.442. The Hall–Kier alpha value is -0.860. The summed E-state index contributed by atoms with van der Waals surface area (Å²) in [7, 11) is 0. The summed E-state index contributed by atoms with van der Waals surface area (Å²) in [5, 5.41) is 0. The lowest BCUT2D eigenvalue weighted by Gasteiger charge is -2.47. The third-order valence-electron chi connectivity index (χ3n) is 3.85. The van der Waals surface area contributed by atoms with E-state index in [1.165, 1.54) is 0 Å². The van der Waals surface area contributed by atoms with Crippen LogP contribution in [0.3, 0.4) is 0 Å². The molecule has 0 N–H and O–H groups in total. The van der Waals surface area contributed by atoms with Gasteiger partial charge in [0.25, 0.3) is 0 Å². The molecule has 1 saturated carbocycles. The molecule has 2 aliphatic rings. The molecule has 1 aliphatic heterocycles. The number of fused-ring (bicyclic) bond motifs is 1. The van der Waals surface area contributed by atoms with Crippen molar-refractivity contribution in [1.82, 2.24) is 0 Å². The number of carbonyl (C=O) groups is 2. The van der Waals surface area contributed by atoms with Crippen LogP contribution in [0.15, 0.2) is 0 Å². The molecule has 0 aromatic heterocycles. The van der Waals surface area contributed by atoms with Crippen LogP contribution in [0, 0.1) is 10.8 Å². The average Bonchev–Trinajstić information content (AvgIpc) is 2.08. The van der Waals surface area contributed by atoms with E-state index in [2.05, 4.69) is 13.8 Å². The molecule has 2 unspecified atom stereocenters. The van der Waals surface area contributed by atoms with Gasteiger partial charge in [0, 0.05) is 12.8 Å². The van der Waals surface area contributed by atoms with E-state index in [-0.39, 0.29) is 23.3 Å². The van der Waals surface area contributed by atoms with Gasteiger partial charge in [-0.15, -0.1) is 0 Å². The van der Waals surface area contributed by atoms with Crippen molar-refractivity contribution in [1.29, 1.82) is 0 Å². The van der Waals surface area contributed by atoms with Crippen molar-refractivity contribution >= 4 is 11.8 Å². The topological polar surface area (TPSA) is 43.4 Å². The predicted octanol–water partition coefficient (Wildman–Crippen LogP) is 2.09. The molecule has 0 aromatic rings. The number of carbonyl (C=O) groups excluding carboxylic acids is 2. The molecule has 0 amide bonds. The maximum absolute atomic E-state index is 12.1. The molecule has 2 atom stereocenters. The van der Waals surface area contributed by atoms with E-state index in [1.807, 2.05) is 6.92 Å². The number of ketones is 1. The van der Waals surface area contributed by atoms with E-state index in [1.54, 1.807) is 0 Å². The molecule has 1 aliphatic carbocycles. The first-order valence-electron chi connectivity index (χ1n) is 5.56. The first-order chi connectivity index (χ1) is 6.83. The maximum Gasteiger partial charge on any atom is 0.306 e. The van der Waals surface area contributed by atoms with Gasteiger partial charge in [0.15, 0.2) is 0 Å². The summed E-state index contributed by atoms with van der Waals surface area (Å²) in [4.78, 5) is 23.3. The Morgan fingerprint density at radius 2 is 1.93 bits per heavy atom. The summed E-state index contributed by atoms with van der Waals surface area (Å²) in [6.07, 6.45) is 2.26. The zero-order chi connectivity index (χ0) is 11.3. The molecule has 0 bridgehead atoms. The molecule has 1 saturated heterocycles. The van der Waals surface area contributed by atoms with E-state index in [0.29, 0.717) is 19.3 Å². The van der Waals surface area contributed by atoms with Crippen LogP contribution in [0.2, 0.25) is 0 Å². The lowest BCUT2D eigenvalue weighted by Crippen LogP contribution is -2.53. The summed E-state index contributed by atoms with van der Waals surface area (Å²) >= 11 is 0. The van der Waals surface area contributed by atoms with Crippen molar-refractivity contribution in [3.05, 3.63) is 0 Å². The molecule has 0 spiro atoms. The smallest absolute Gasteiger partial charge is 0.306 e. The summed E-state index contributed by atoms with van der Waals surface area (Å²) in [5.74, 6) is 0.110. The van der Waals surface area contributed by atoms with Crippen LogP contribution in [0.25, 0.3) is 0 Å². The third-order valence-corrected chi connectivity index (χ3v) is 3.85. The van der Waals surface area contributed by atoms with Crippen molar-refractivity contribution in [3.63, 3.8) is 0 Å². The third kappa shape index (κ3) is 1.68. The Balaban J connectivity index is 2.28. The van der Waals surface area contributed by atoms with Crippen molar-refractivity contribution in [2.45, 2.75) is 52.6 Å². The van der Waals surface area contributed by atoms with Gasteiger partial charge in [-0.2, -0.15) is 0 Å². The zero-order valence-electron chi connectivity index (χ0n) is 9.63. The van der Waals surface area contributed by atoms with Crippen molar-refractivity contribution in [2.75, 3.05) is 0 Å². The van der Waals surface area contributed by atoms with Gasteiger partial charge in [0.05, 0.1) is 5.41 Å². The van der Waals surface area contributed by atoms with Gasteiger partial charge < -0.3 is 4.74 Å². The average molecular weight is 210 g/mol. The molecular weight excluding hydrogens is 192 g/mol. The van der Waals surface area contributed by atoms with Gasteiger partial charge in [-0.3, -0.25) is 9.59 Å². The molecule has 3 heteroatoms. The fraction of sp³-hybridized carbons (Fsp3) is 0.833. The van der Waals surface area contributed by atoms with Crippen LogP contribution in [0.4, 0.5) is 0 Å². The van der Waals surface area contributed by atoms with Crippen LogP contribution < -0.4 is 0 Å². The summed E-state index contributed by atoms with van der Waals surface area (Å²) in [6, 6.07) is 0. The molecule has 0 aromatic carbocycles. The van der Waals surface area contributed by atoms with Crippen molar-refractivity contribution < 1.29 is 14.3 Å². The number of esters is 1. The number of Topliss-reactive ketones (excluding diaryl/α,β-unsaturated/α-hetero) is 1. The van der Waals surface area contributed by atoms with Gasteiger partial charge in [-0.25, -0.2) is 0 Å². The zero-order valence-corrected chi connectivity index (χ0v) is 9.63. The lowest BCUT2D eigenvalue weighted by atomic mass is 9.61. The van der Waals surface area contributed by atoms with Gasteiger partial charge in [0.2, 0.25) is 0 Å². The Bertz CT molecular complexity index is 319. The fourth-order valence-electron chi connectivity index (χ4n) is 2.67. The molecule has 15 heavy (non-hydrogen) atoms. The Morgan fingerprint density at radius 1 is 1.27 bits per heavy atom. The van der Waals surface area contributed by atoms with Crippen LogP contribution in [-0.4, -0.2) is 17.9 Å². The molecule has 3 nitrogen and oxygen atoms in total. The minimum absolute atomic E-state index is 0.0289. The number of rotatable bonds is 0. The first kappa shape index (κ1) is 10.7. The minimum atomic E-state index is -0.413. The lowest BCUT2D eigenvalue weighted by molar-refractivity contribution is -0.178. The predicted molar refractivity (Wildman–Crippen MR) is 55.2 cm³/mol. The monoisotopic (exact) mass is 210 g/mol. The minimum Gasteiger partial charge on any atom is -0.461 e. The molecule has 2 rings (SSSR count). The second kappa shape index (κ2) is 3.06. The van der Waals surface area contributed by atoms with Gasteiger partial charge >= 0.3 is 5.97 Å². The second-order valence-electron chi connectivity index (χ2n) is 5.86. The molecular formula is C12H18O3. The fourth-order valence-corrected chi connectivity index (χ4v) is 2.67. The highest BCUT2D eigenvalue weighted by molar-refractivity contribution is 5.88.